The smallest absolute Gasteiger partial charge is 0.339 e. The maximum Gasteiger partial charge on any atom is 0.339 e. The van der Waals surface area contributed by atoms with E-state index in [0.29, 0.717) is 5.56 Å². The SMILES string of the molecule is C.COC(=O)c1cc(C)c(O)cc1NC(C)=O. The molecule has 0 heterocycles. The minimum Gasteiger partial charge on any atom is -0.508 e. The van der Waals surface area contributed by atoms with Gasteiger partial charge in [-0.3, -0.25) is 4.79 Å². The number of aromatic hydroxyl groups is 1. The fourth-order valence-corrected chi connectivity index (χ4v) is 1.27. The van der Waals surface area contributed by atoms with Gasteiger partial charge in [0.15, 0.2) is 0 Å². The highest BCUT2D eigenvalue weighted by molar-refractivity contribution is 6.01. The molecule has 0 aliphatic heterocycles. The molecule has 1 rings (SSSR count). The lowest BCUT2D eigenvalue weighted by Gasteiger charge is -2.10. The summed E-state index contributed by atoms with van der Waals surface area (Å²) >= 11 is 0. The Hall–Kier alpha value is -2.04. The first-order chi connectivity index (χ1) is 7.45. The lowest BCUT2D eigenvalue weighted by atomic mass is 10.1. The summed E-state index contributed by atoms with van der Waals surface area (Å²) < 4.78 is 4.58. The third kappa shape index (κ3) is 3.48. The largest absolute Gasteiger partial charge is 0.508 e. The van der Waals surface area contributed by atoms with E-state index >= 15 is 0 Å². The van der Waals surface area contributed by atoms with Gasteiger partial charge in [-0.15, -0.1) is 0 Å². The van der Waals surface area contributed by atoms with E-state index in [1.54, 1.807) is 6.92 Å². The number of hydrogen-bond donors (Lipinski definition) is 2. The Kier molecular flexibility index (Phi) is 5.18. The van der Waals surface area contributed by atoms with Gasteiger partial charge in [0.1, 0.15) is 5.75 Å². The third-order valence-corrected chi connectivity index (χ3v) is 2.05. The monoisotopic (exact) mass is 239 g/mol. The second-order valence-corrected chi connectivity index (χ2v) is 3.36. The van der Waals surface area contributed by atoms with Crippen LogP contribution in [0.5, 0.6) is 5.75 Å². The van der Waals surface area contributed by atoms with Gasteiger partial charge in [-0.1, -0.05) is 7.43 Å². The van der Waals surface area contributed by atoms with Crippen LogP contribution in [0.1, 0.15) is 30.3 Å². The summed E-state index contributed by atoms with van der Waals surface area (Å²) in [5, 5.41) is 11.9. The number of ether oxygens (including phenoxy) is 1. The number of carbonyl (C=O) groups is 2. The lowest BCUT2D eigenvalue weighted by molar-refractivity contribution is -0.114. The average Bonchev–Trinajstić information content (AvgIpc) is 2.21. The number of amides is 1. The van der Waals surface area contributed by atoms with Crippen LogP contribution < -0.4 is 5.32 Å². The quantitative estimate of drug-likeness (QED) is 0.775. The van der Waals surface area contributed by atoms with Crippen molar-refractivity contribution in [3.63, 3.8) is 0 Å². The number of esters is 1. The van der Waals surface area contributed by atoms with Gasteiger partial charge in [0.25, 0.3) is 0 Å². The van der Waals surface area contributed by atoms with Crippen LogP contribution in [0.15, 0.2) is 12.1 Å². The van der Waals surface area contributed by atoms with Gasteiger partial charge in [0.05, 0.1) is 18.4 Å². The van der Waals surface area contributed by atoms with Crippen LogP contribution in [0.25, 0.3) is 0 Å². The molecule has 1 aromatic rings. The van der Waals surface area contributed by atoms with Crippen molar-refractivity contribution in [3.05, 3.63) is 23.3 Å². The van der Waals surface area contributed by atoms with Gasteiger partial charge in [-0.05, 0) is 18.6 Å². The van der Waals surface area contributed by atoms with Gasteiger partial charge >= 0.3 is 5.97 Å². The molecule has 17 heavy (non-hydrogen) atoms. The molecule has 0 aliphatic rings. The van der Waals surface area contributed by atoms with Crippen molar-refractivity contribution in [2.45, 2.75) is 21.3 Å². The lowest BCUT2D eigenvalue weighted by Crippen LogP contribution is -2.12. The molecule has 0 aliphatic carbocycles. The summed E-state index contributed by atoms with van der Waals surface area (Å²) in [5.41, 5.74) is 0.991. The number of aryl methyl sites for hydroxylation is 1. The average molecular weight is 239 g/mol. The van der Waals surface area contributed by atoms with E-state index in [1.807, 2.05) is 0 Å². The summed E-state index contributed by atoms with van der Waals surface area (Å²) in [5.74, 6) is -0.878. The maximum absolute atomic E-state index is 11.4. The summed E-state index contributed by atoms with van der Waals surface area (Å²) in [4.78, 5) is 22.4. The highest BCUT2D eigenvalue weighted by atomic mass is 16.5. The molecule has 0 saturated carbocycles. The Morgan fingerprint density at radius 3 is 2.41 bits per heavy atom. The number of nitrogens with one attached hydrogen (secondary N) is 1. The Morgan fingerprint density at radius 1 is 1.35 bits per heavy atom. The van der Waals surface area contributed by atoms with Crippen LogP contribution in [-0.2, 0) is 9.53 Å². The van der Waals surface area contributed by atoms with Crippen LogP contribution in [0, 0.1) is 6.92 Å². The molecule has 0 spiro atoms. The molecule has 5 nitrogen and oxygen atoms in total. The fourth-order valence-electron chi connectivity index (χ4n) is 1.27. The van der Waals surface area contributed by atoms with Gasteiger partial charge in [0.2, 0.25) is 5.91 Å². The standard InChI is InChI=1S/C11H13NO4.CH4/c1-6-4-8(11(15)16-3)9(5-10(6)14)12-7(2)13;/h4-5,14H,1-3H3,(H,12,13);1H4. The zero-order valence-electron chi connectivity index (χ0n) is 9.33. The van der Waals surface area contributed by atoms with E-state index in [0.717, 1.165) is 0 Å². The fraction of sp³-hybridized carbons (Fsp3) is 0.333. The van der Waals surface area contributed by atoms with Crippen molar-refractivity contribution in [3.8, 4) is 5.75 Å². The number of carbonyl (C=O) groups excluding carboxylic acids is 2. The van der Waals surface area contributed by atoms with E-state index < -0.39 is 5.97 Å². The zero-order chi connectivity index (χ0) is 12.3. The van der Waals surface area contributed by atoms with Crippen molar-refractivity contribution < 1.29 is 19.4 Å². The second kappa shape index (κ2) is 5.89. The number of rotatable bonds is 2. The van der Waals surface area contributed by atoms with Crippen LogP contribution in [0.2, 0.25) is 0 Å². The zero-order valence-corrected chi connectivity index (χ0v) is 9.33. The molecule has 0 unspecified atom stereocenters. The number of phenolic OH excluding ortho intramolecular Hbond substituents is 1. The predicted octanol–water partition coefficient (Wildman–Crippen LogP) is 2.08. The highest BCUT2D eigenvalue weighted by Crippen LogP contribution is 2.26. The number of anilines is 1. The third-order valence-electron chi connectivity index (χ3n) is 2.05. The summed E-state index contributed by atoms with van der Waals surface area (Å²) in [6, 6.07) is 2.79. The predicted molar refractivity (Wildman–Crippen MR) is 65.2 cm³/mol. The molecule has 0 aromatic heterocycles. The van der Waals surface area contributed by atoms with Gasteiger partial charge < -0.3 is 15.2 Å². The first kappa shape index (κ1) is 15.0. The van der Waals surface area contributed by atoms with Gasteiger partial charge in [0, 0.05) is 13.0 Å². The van der Waals surface area contributed by atoms with Gasteiger partial charge in [-0.2, -0.15) is 0 Å². The molecule has 1 aromatic carbocycles. The molecule has 0 bridgehead atoms. The first-order valence-corrected chi connectivity index (χ1v) is 4.65. The van der Waals surface area contributed by atoms with Crippen molar-refractivity contribution in [2.75, 3.05) is 12.4 Å². The molecular weight excluding hydrogens is 222 g/mol. The molecule has 0 atom stereocenters. The van der Waals surface area contributed by atoms with Crippen molar-refractivity contribution in [1.82, 2.24) is 0 Å². The molecule has 2 N–H and O–H groups in total. The molecule has 0 radical (unpaired) electrons. The van der Waals surface area contributed by atoms with E-state index in [9.17, 15) is 14.7 Å². The van der Waals surface area contributed by atoms with E-state index in [2.05, 4.69) is 10.1 Å². The molecule has 0 saturated heterocycles. The molecule has 5 heteroatoms. The van der Waals surface area contributed by atoms with E-state index in [1.165, 1.54) is 26.2 Å². The van der Waals surface area contributed by atoms with Crippen LogP contribution >= 0.6 is 0 Å². The van der Waals surface area contributed by atoms with Gasteiger partial charge in [-0.25, -0.2) is 4.79 Å². The van der Waals surface area contributed by atoms with E-state index in [4.69, 9.17) is 0 Å². The van der Waals surface area contributed by atoms with Crippen LogP contribution in [0.4, 0.5) is 5.69 Å². The number of methoxy groups -OCH3 is 1. The number of hydrogen-bond acceptors (Lipinski definition) is 4. The van der Waals surface area contributed by atoms with Crippen LogP contribution in [0.3, 0.4) is 0 Å². The first-order valence-electron chi connectivity index (χ1n) is 4.65. The Morgan fingerprint density at radius 2 is 1.94 bits per heavy atom. The topological polar surface area (TPSA) is 75.6 Å². The van der Waals surface area contributed by atoms with E-state index in [-0.39, 0.29) is 30.3 Å². The second-order valence-electron chi connectivity index (χ2n) is 3.36. The Balaban J connectivity index is 0.00000256. The van der Waals surface area contributed by atoms with Crippen molar-refractivity contribution >= 4 is 17.6 Å². The van der Waals surface area contributed by atoms with Crippen molar-refractivity contribution in [1.29, 1.82) is 0 Å². The minimum atomic E-state index is -0.563. The summed E-state index contributed by atoms with van der Waals surface area (Å²) in [6.07, 6.45) is 0. The molecule has 94 valence electrons. The number of benzene rings is 1. The molecular formula is C12H17NO4. The summed E-state index contributed by atoms with van der Waals surface area (Å²) in [6.45, 7) is 2.97. The minimum absolute atomic E-state index is 0. The summed E-state index contributed by atoms with van der Waals surface area (Å²) in [7, 11) is 1.25. The highest BCUT2D eigenvalue weighted by Gasteiger charge is 2.15. The normalized spacial score (nSPS) is 9.12. The molecule has 1 amide bonds. The molecule has 0 fully saturated rings. The Labute approximate surface area is 100 Å². The van der Waals surface area contributed by atoms with Crippen LogP contribution in [-0.4, -0.2) is 24.1 Å². The maximum atomic E-state index is 11.4. The van der Waals surface area contributed by atoms with Crippen molar-refractivity contribution in [2.24, 2.45) is 0 Å². The number of phenols is 1. The Bertz CT molecular complexity index is 440.